The van der Waals surface area contributed by atoms with Crippen molar-refractivity contribution >= 4 is 11.7 Å². The highest BCUT2D eigenvalue weighted by Crippen LogP contribution is 2.47. The average molecular weight is 562 g/mol. The normalized spacial score (nSPS) is 15.3. The smallest absolute Gasteiger partial charge is 0.254 e. The molecule has 3 aromatic carbocycles. The van der Waals surface area contributed by atoms with Crippen molar-refractivity contribution in [3.05, 3.63) is 86.5 Å². The molecule has 2 aliphatic rings. The quantitative estimate of drug-likeness (QED) is 0.324. The highest BCUT2D eigenvalue weighted by atomic mass is 19.1. The summed E-state index contributed by atoms with van der Waals surface area (Å²) in [6.07, 6.45) is 0.609. The van der Waals surface area contributed by atoms with Gasteiger partial charge in [-0.1, -0.05) is 6.07 Å². The minimum Gasteiger partial charge on any atom is -0.490 e. The SMILES string of the molecule is CC(=O)[C@@H](OC(C)(C)C)c1c(C)c2c(c(C)c1-c1cc(F)c3c(c1C)CCCO3)CN(C(=O)c1cccc(F)c1)C2. The number of Topliss-reactive ketones (excluding diaryl/α,β-unsaturated/α-hetero) is 1. The molecule has 0 aliphatic carbocycles. The second-order valence-corrected chi connectivity index (χ2v) is 12.2. The van der Waals surface area contributed by atoms with Crippen LogP contribution in [0.3, 0.4) is 0 Å². The molecule has 5 rings (SSSR count). The lowest BCUT2D eigenvalue weighted by molar-refractivity contribution is -0.138. The number of amides is 1. The fraction of sp³-hybridized carbons (Fsp3) is 0.412. The van der Waals surface area contributed by atoms with Crippen LogP contribution < -0.4 is 4.74 Å². The van der Waals surface area contributed by atoms with Gasteiger partial charge in [-0.15, -0.1) is 0 Å². The number of halogens is 2. The fourth-order valence-corrected chi connectivity index (χ4v) is 6.26. The fourth-order valence-electron chi connectivity index (χ4n) is 6.26. The maximum Gasteiger partial charge on any atom is 0.254 e. The van der Waals surface area contributed by atoms with Gasteiger partial charge in [0.15, 0.2) is 17.3 Å². The van der Waals surface area contributed by atoms with Crippen LogP contribution in [-0.4, -0.2) is 28.8 Å². The summed E-state index contributed by atoms with van der Waals surface area (Å²) in [6.45, 7) is 14.2. The van der Waals surface area contributed by atoms with E-state index in [1.807, 2.05) is 41.5 Å². The molecule has 2 aliphatic heterocycles. The molecule has 1 atom stereocenters. The van der Waals surface area contributed by atoms with Gasteiger partial charge in [0.05, 0.1) is 12.2 Å². The summed E-state index contributed by atoms with van der Waals surface area (Å²) in [5, 5.41) is 0. The first-order valence-electron chi connectivity index (χ1n) is 14.1. The molecular formula is C34H37F2NO4. The Morgan fingerprint density at radius 1 is 0.976 bits per heavy atom. The topological polar surface area (TPSA) is 55.8 Å². The van der Waals surface area contributed by atoms with Crippen LogP contribution in [0.2, 0.25) is 0 Å². The first-order valence-corrected chi connectivity index (χ1v) is 14.1. The Hall–Kier alpha value is -3.58. The lowest BCUT2D eigenvalue weighted by atomic mass is 9.80. The highest BCUT2D eigenvalue weighted by Gasteiger charge is 2.36. The Morgan fingerprint density at radius 3 is 2.29 bits per heavy atom. The molecule has 0 fully saturated rings. The summed E-state index contributed by atoms with van der Waals surface area (Å²) in [7, 11) is 0. The maximum absolute atomic E-state index is 15.5. The molecule has 0 bridgehead atoms. The first kappa shape index (κ1) is 28.9. The molecule has 0 saturated heterocycles. The molecule has 0 unspecified atom stereocenters. The molecule has 41 heavy (non-hydrogen) atoms. The molecule has 1 amide bonds. The number of rotatable bonds is 5. The van der Waals surface area contributed by atoms with Crippen LogP contribution in [0.4, 0.5) is 8.78 Å². The van der Waals surface area contributed by atoms with Crippen molar-refractivity contribution in [1.29, 1.82) is 0 Å². The van der Waals surface area contributed by atoms with E-state index in [0.717, 1.165) is 45.4 Å². The molecule has 3 aromatic rings. The molecule has 5 nitrogen and oxygen atoms in total. The first-order chi connectivity index (χ1) is 19.3. The molecule has 0 spiro atoms. The summed E-state index contributed by atoms with van der Waals surface area (Å²) in [4.78, 5) is 28.3. The third-order valence-corrected chi connectivity index (χ3v) is 8.18. The molecule has 0 saturated carbocycles. The lowest BCUT2D eigenvalue weighted by Crippen LogP contribution is -2.28. The van der Waals surface area contributed by atoms with Crippen molar-refractivity contribution in [2.75, 3.05) is 6.61 Å². The standard InChI is InChI=1S/C34H37F2NO4/c1-18-24-12-9-13-40-32(24)28(36)15-25(18)29-19(2)26-16-37(33(39)22-10-8-11-23(35)14-22)17-27(26)20(3)30(29)31(21(4)38)41-34(5,6)7/h8,10-11,14-15,31H,9,12-13,16-17H2,1-7H3/t31-/m1/s1. The van der Waals surface area contributed by atoms with Gasteiger partial charge in [0.1, 0.15) is 11.9 Å². The monoisotopic (exact) mass is 561 g/mol. The maximum atomic E-state index is 15.5. The van der Waals surface area contributed by atoms with Gasteiger partial charge in [0, 0.05) is 24.2 Å². The van der Waals surface area contributed by atoms with Gasteiger partial charge in [-0.05, 0) is 130 Å². The van der Waals surface area contributed by atoms with Crippen LogP contribution in [0, 0.1) is 32.4 Å². The Kier molecular flexibility index (Phi) is 7.53. The summed E-state index contributed by atoms with van der Waals surface area (Å²) in [5.74, 6) is -1.03. The summed E-state index contributed by atoms with van der Waals surface area (Å²) < 4.78 is 41.6. The van der Waals surface area contributed by atoms with Gasteiger partial charge < -0.3 is 14.4 Å². The lowest BCUT2D eigenvalue weighted by Gasteiger charge is -2.31. The van der Waals surface area contributed by atoms with E-state index in [4.69, 9.17) is 9.47 Å². The largest absolute Gasteiger partial charge is 0.490 e. The summed E-state index contributed by atoms with van der Waals surface area (Å²) in [6, 6.07) is 7.19. The van der Waals surface area contributed by atoms with E-state index in [0.29, 0.717) is 43.0 Å². The van der Waals surface area contributed by atoms with Gasteiger partial charge >= 0.3 is 0 Å². The molecule has 7 heteroatoms. The van der Waals surface area contributed by atoms with E-state index in [9.17, 15) is 14.0 Å². The van der Waals surface area contributed by atoms with Crippen LogP contribution in [0.25, 0.3) is 11.1 Å². The van der Waals surface area contributed by atoms with E-state index in [1.54, 1.807) is 11.0 Å². The van der Waals surface area contributed by atoms with E-state index in [2.05, 4.69) is 0 Å². The molecule has 0 N–H and O–H groups in total. The van der Waals surface area contributed by atoms with Crippen molar-refractivity contribution in [3.63, 3.8) is 0 Å². The third-order valence-electron chi connectivity index (χ3n) is 8.18. The Labute approximate surface area is 240 Å². The van der Waals surface area contributed by atoms with Crippen molar-refractivity contribution in [1.82, 2.24) is 4.90 Å². The summed E-state index contributed by atoms with van der Waals surface area (Å²) >= 11 is 0. The minimum atomic E-state index is -0.892. The molecule has 0 radical (unpaired) electrons. The van der Waals surface area contributed by atoms with Crippen molar-refractivity contribution < 1.29 is 27.8 Å². The summed E-state index contributed by atoms with van der Waals surface area (Å²) in [5.41, 5.74) is 7.16. The van der Waals surface area contributed by atoms with E-state index >= 15 is 4.39 Å². The Bertz CT molecular complexity index is 1570. The Balaban J connectivity index is 1.74. The second-order valence-electron chi connectivity index (χ2n) is 12.2. The predicted octanol–water partition coefficient (Wildman–Crippen LogP) is 7.48. The number of hydrogen-bond donors (Lipinski definition) is 0. The van der Waals surface area contributed by atoms with Crippen LogP contribution in [-0.2, 0) is 29.0 Å². The molecule has 216 valence electrons. The number of nitrogens with zero attached hydrogens (tertiary/aromatic N) is 1. The molecule has 0 aromatic heterocycles. The Morgan fingerprint density at radius 2 is 1.66 bits per heavy atom. The number of benzene rings is 3. The van der Waals surface area contributed by atoms with Crippen LogP contribution in [0.15, 0.2) is 30.3 Å². The van der Waals surface area contributed by atoms with Crippen molar-refractivity contribution in [3.8, 4) is 16.9 Å². The number of hydrogen-bond acceptors (Lipinski definition) is 4. The van der Waals surface area contributed by atoms with E-state index in [1.165, 1.54) is 31.2 Å². The highest BCUT2D eigenvalue weighted by molar-refractivity contribution is 5.95. The number of carbonyl (C=O) groups is 2. The van der Waals surface area contributed by atoms with E-state index < -0.39 is 23.3 Å². The second kappa shape index (κ2) is 10.7. The van der Waals surface area contributed by atoms with Gasteiger partial charge in [-0.25, -0.2) is 8.78 Å². The number of carbonyl (C=O) groups excluding carboxylic acids is 2. The van der Waals surface area contributed by atoms with Crippen LogP contribution >= 0.6 is 0 Å². The molecular weight excluding hydrogens is 524 g/mol. The van der Waals surface area contributed by atoms with Gasteiger partial charge in [-0.2, -0.15) is 0 Å². The number of ketones is 1. The van der Waals surface area contributed by atoms with Gasteiger partial charge in [-0.3, -0.25) is 9.59 Å². The van der Waals surface area contributed by atoms with Crippen LogP contribution in [0.1, 0.15) is 89.5 Å². The average Bonchev–Trinajstić information content (AvgIpc) is 3.37. The predicted molar refractivity (Wildman–Crippen MR) is 154 cm³/mol. The number of ether oxygens (including phenoxy) is 2. The van der Waals surface area contributed by atoms with Gasteiger partial charge in [0.25, 0.3) is 5.91 Å². The third kappa shape index (κ3) is 5.28. The van der Waals surface area contributed by atoms with E-state index in [-0.39, 0.29) is 17.3 Å². The molecule has 2 heterocycles. The zero-order chi connectivity index (χ0) is 29.8. The van der Waals surface area contributed by atoms with Crippen molar-refractivity contribution in [2.24, 2.45) is 0 Å². The zero-order valence-electron chi connectivity index (χ0n) is 24.8. The van der Waals surface area contributed by atoms with Crippen molar-refractivity contribution in [2.45, 2.75) is 86.1 Å². The minimum absolute atomic E-state index is 0.159. The zero-order valence-corrected chi connectivity index (χ0v) is 24.8. The number of fused-ring (bicyclic) bond motifs is 2. The van der Waals surface area contributed by atoms with Gasteiger partial charge in [0.2, 0.25) is 0 Å². The van der Waals surface area contributed by atoms with Crippen LogP contribution in [0.5, 0.6) is 5.75 Å².